The van der Waals surface area contributed by atoms with Crippen molar-refractivity contribution in [3.05, 3.63) is 0 Å². The molecular weight excluding hydrogens is 240 g/mol. The van der Waals surface area contributed by atoms with Crippen molar-refractivity contribution < 1.29 is 13.2 Å². The maximum absolute atomic E-state index is 11.5. The second kappa shape index (κ2) is 9.82. The third kappa shape index (κ3) is 12.1. The van der Waals surface area contributed by atoms with Crippen LogP contribution in [0, 0.1) is 5.92 Å². The van der Waals surface area contributed by atoms with Crippen molar-refractivity contribution in [2.45, 2.75) is 27.2 Å². The standard InChI is InChI=1S/C11H26N2O3S/c1-4-12-6-5-9-17(14,15)13-7-8-16-10-11(2)3/h11-13H,4-10H2,1-3H3. The lowest BCUT2D eigenvalue weighted by Gasteiger charge is -2.08. The normalized spacial score (nSPS) is 12.2. The summed E-state index contributed by atoms with van der Waals surface area (Å²) in [5, 5.41) is 3.09. The monoisotopic (exact) mass is 266 g/mol. The summed E-state index contributed by atoms with van der Waals surface area (Å²) >= 11 is 0. The fourth-order valence-electron chi connectivity index (χ4n) is 1.22. The van der Waals surface area contributed by atoms with Crippen LogP contribution < -0.4 is 10.0 Å². The van der Waals surface area contributed by atoms with Gasteiger partial charge in [0.2, 0.25) is 10.0 Å². The van der Waals surface area contributed by atoms with Gasteiger partial charge in [-0.25, -0.2) is 13.1 Å². The Kier molecular flexibility index (Phi) is 9.72. The highest BCUT2D eigenvalue weighted by molar-refractivity contribution is 7.89. The maximum atomic E-state index is 11.5. The molecule has 0 aliphatic carbocycles. The van der Waals surface area contributed by atoms with Crippen LogP contribution in [0.15, 0.2) is 0 Å². The van der Waals surface area contributed by atoms with Crippen LogP contribution >= 0.6 is 0 Å². The van der Waals surface area contributed by atoms with E-state index < -0.39 is 10.0 Å². The van der Waals surface area contributed by atoms with Crippen LogP contribution in [-0.2, 0) is 14.8 Å². The molecule has 0 unspecified atom stereocenters. The van der Waals surface area contributed by atoms with E-state index in [1.54, 1.807) is 0 Å². The van der Waals surface area contributed by atoms with E-state index in [1.807, 2.05) is 6.92 Å². The number of hydrogen-bond donors (Lipinski definition) is 2. The zero-order chi connectivity index (χ0) is 13.1. The molecule has 17 heavy (non-hydrogen) atoms. The van der Waals surface area contributed by atoms with Crippen molar-refractivity contribution in [2.24, 2.45) is 5.92 Å². The molecule has 0 spiro atoms. The number of rotatable bonds is 11. The molecule has 0 saturated heterocycles. The molecule has 0 fully saturated rings. The molecule has 6 heteroatoms. The molecule has 0 bridgehead atoms. The Morgan fingerprint density at radius 1 is 1.24 bits per heavy atom. The zero-order valence-corrected chi connectivity index (χ0v) is 12.0. The van der Waals surface area contributed by atoms with Crippen LogP contribution in [0.5, 0.6) is 0 Å². The van der Waals surface area contributed by atoms with Crippen molar-refractivity contribution >= 4 is 10.0 Å². The first kappa shape index (κ1) is 16.8. The number of nitrogens with one attached hydrogen (secondary N) is 2. The van der Waals surface area contributed by atoms with Gasteiger partial charge in [-0.05, 0) is 25.4 Å². The van der Waals surface area contributed by atoms with E-state index >= 15 is 0 Å². The number of sulfonamides is 1. The van der Waals surface area contributed by atoms with Gasteiger partial charge in [0.15, 0.2) is 0 Å². The minimum absolute atomic E-state index is 0.171. The van der Waals surface area contributed by atoms with Crippen LogP contribution in [0.3, 0.4) is 0 Å². The number of hydrogen-bond acceptors (Lipinski definition) is 4. The van der Waals surface area contributed by atoms with Gasteiger partial charge in [-0.3, -0.25) is 0 Å². The van der Waals surface area contributed by atoms with Crippen molar-refractivity contribution in [2.75, 3.05) is 38.6 Å². The Morgan fingerprint density at radius 2 is 1.94 bits per heavy atom. The summed E-state index contributed by atoms with van der Waals surface area (Å²) < 4.78 is 30.8. The van der Waals surface area contributed by atoms with Crippen molar-refractivity contribution in [3.63, 3.8) is 0 Å². The smallest absolute Gasteiger partial charge is 0.211 e. The summed E-state index contributed by atoms with van der Waals surface area (Å²) in [7, 11) is -3.13. The van der Waals surface area contributed by atoms with Crippen LogP contribution in [0.4, 0.5) is 0 Å². The molecule has 0 aromatic heterocycles. The molecule has 0 aliphatic rings. The van der Waals surface area contributed by atoms with Gasteiger partial charge >= 0.3 is 0 Å². The summed E-state index contributed by atoms with van der Waals surface area (Å²) in [6, 6.07) is 0. The summed E-state index contributed by atoms with van der Waals surface area (Å²) in [4.78, 5) is 0. The van der Waals surface area contributed by atoms with E-state index in [1.165, 1.54) is 0 Å². The highest BCUT2D eigenvalue weighted by Gasteiger charge is 2.08. The first-order chi connectivity index (χ1) is 7.98. The first-order valence-corrected chi connectivity index (χ1v) is 7.89. The summed E-state index contributed by atoms with van der Waals surface area (Å²) in [6.07, 6.45) is 0.635. The summed E-state index contributed by atoms with van der Waals surface area (Å²) in [5.74, 6) is 0.649. The van der Waals surface area contributed by atoms with E-state index in [9.17, 15) is 8.42 Å². The van der Waals surface area contributed by atoms with Crippen molar-refractivity contribution in [1.29, 1.82) is 0 Å². The van der Waals surface area contributed by atoms with Gasteiger partial charge in [-0.15, -0.1) is 0 Å². The van der Waals surface area contributed by atoms with E-state index in [-0.39, 0.29) is 5.75 Å². The van der Waals surface area contributed by atoms with Gasteiger partial charge in [0, 0.05) is 13.2 Å². The van der Waals surface area contributed by atoms with Crippen molar-refractivity contribution in [1.82, 2.24) is 10.0 Å². The molecule has 0 amide bonds. The predicted molar refractivity (Wildman–Crippen MR) is 70.6 cm³/mol. The van der Waals surface area contributed by atoms with E-state index in [0.29, 0.717) is 32.1 Å². The quantitative estimate of drug-likeness (QED) is 0.537. The van der Waals surface area contributed by atoms with Crippen LogP contribution in [0.25, 0.3) is 0 Å². The molecule has 0 aromatic rings. The Bertz CT molecular complexity index is 266. The second-order valence-electron chi connectivity index (χ2n) is 4.39. The zero-order valence-electron chi connectivity index (χ0n) is 11.2. The number of ether oxygens (including phenoxy) is 1. The minimum atomic E-state index is -3.13. The fourth-order valence-corrected chi connectivity index (χ4v) is 2.29. The summed E-state index contributed by atoms with van der Waals surface area (Å²) in [5.41, 5.74) is 0. The Balaban J connectivity index is 3.51. The largest absolute Gasteiger partial charge is 0.380 e. The van der Waals surface area contributed by atoms with Crippen molar-refractivity contribution in [3.8, 4) is 0 Å². The molecule has 0 rings (SSSR count). The van der Waals surface area contributed by atoms with E-state index in [4.69, 9.17) is 4.74 Å². The molecular formula is C11H26N2O3S. The molecule has 0 heterocycles. The molecule has 5 nitrogen and oxygen atoms in total. The molecule has 0 aromatic carbocycles. The topological polar surface area (TPSA) is 67.4 Å². The van der Waals surface area contributed by atoms with Gasteiger partial charge in [0.1, 0.15) is 0 Å². The van der Waals surface area contributed by atoms with Gasteiger partial charge in [-0.2, -0.15) is 0 Å². The van der Waals surface area contributed by atoms with Crippen LogP contribution in [0.1, 0.15) is 27.2 Å². The minimum Gasteiger partial charge on any atom is -0.380 e. The third-order valence-corrected chi connectivity index (χ3v) is 3.51. The van der Waals surface area contributed by atoms with Crippen LogP contribution in [-0.4, -0.2) is 47.0 Å². The second-order valence-corrected chi connectivity index (χ2v) is 6.32. The SMILES string of the molecule is CCNCCCS(=O)(=O)NCCOCC(C)C. The van der Waals surface area contributed by atoms with E-state index in [2.05, 4.69) is 23.9 Å². The third-order valence-electron chi connectivity index (χ3n) is 2.04. The van der Waals surface area contributed by atoms with Gasteiger partial charge in [0.25, 0.3) is 0 Å². The molecule has 2 N–H and O–H groups in total. The lowest BCUT2D eigenvalue weighted by molar-refractivity contribution is 0.114. The lowest BCUT2D eigenvalue weighted by Crippen LogP contribution is -2.31. The molecule has 0 aliphatic heterocycles. The van der Waals surface area contributed by atoms with E-state index in [0.717, 1.165) is 13.1 Å². The predicted octanol–water partition coefficient (Wildman–Crippen LogP) is 0.578. The molecule has 0 saturated carbocycles. The van der Waals surface area contributed by atoms with Gasteiger partial charge < -0.3 is 10.1 Å². The molecule has 0 radical (unpaired) electrons. The Hall–Kier alpha value is -0.170. The highest BCUT2D eigenvalue weighted by Crippen LogP contribution is 1.92. The molecule has 104 valence electrons. The highest BCUT2D eigenvalue weighted by atomic mass is 32.2. The Morgan fingerprint density at radius 3 is 2.53 bits per heavy atom. The fraction of sp³-hybridized carbons (Fsp3) is 1.00. The maximum Gasteiger partial charge on any atom is 0.211 e. The molecule has 0 atom stereocenters. The average molecular weight is 266 g/mol. The van der Waals surface area contributed by atoms with Gasteiger partial charge in [0.05, 0.1) is 12.4 Å². The van der Waals surface area contributed by atoms with Crippen LogP contribution in [0.2, 0.25) is 0 Å². The summed E-state index contributed by atoms with van der Waals surface area (Å²) in [6.45, 7) is 9.19. The first-order valence-electron chi connectivity index (χ1n) is 6.23. The lowest BCUT2D eigenvalue weighted by atomic mass is 10.2. The Labute approximate surface area is 105 Å². The average Bonchev–Trinajstić information content (AvgIpc) is 2.23. The van der Waals surface area contributed by atoms with Gasteiger partial charge in [-0.1, -0.05) is 20.8 Å².